The number of amides is 1. The first-order valence-electron chi connectivity index (χ1n) is 6.98. The van der Waals surface area contributed by atoms with E-state index in [1.165, 1.54) is 10.6 Å². The van der Waals surface area contributed by atoms with E-state index in [4.69, 9.17) is 0 Å². The molecule has 0 unspecified atom stereocenters. The van der Waals surface area contributed by atoms with E-state index in [0.717, 1.165) is 11.1 Å². The molecule has 0 spiro atoms. The van der Waals surface area contributed by atoms with Crippen LogP contribution >= 0.6 is 0 Å². The Bertz CT molecular complexity index is 565. The van der Waals surface area contributed by atoms with Crippen LogP contribution in [0.4, 0.5) is 0 Å². The molecule has 0 saturated heterocycles. The standard InChI is InChI=1S/C15H24N2O3S/c1-12(2)15(18)16-9-10-17(21(4,19)20)11-14-7-5-13(3)6-8-14/h5-8,12H,9-11H2,1-4H3,(H,16,18). The predicted molar refractivity (Wildman–Crippen MR) is 84.3 cm³/mol. The van der Waals surface area contributed by atoms with E-state index in [-0.39, 0.29) is 18.4 Å². The lowest BCUT2D eigenvalue weighted by Gasteiger charge is -2.20. The van der Waals surface area contributed by atoms with Gasteiger partial charge < -0.3 is 5.32 Å². The van der Waals surface area contributed by atoms with E-state index in [9.17, 15) is 13.2 Å². The number of benzene rings is 1. The maximum absolute atomic E-state index is 11.8. The number of sulfonamides is 1. The Hall–Kier alpha value is -1.40. The van der Waals surface area contributed by atoms with Crippen LogP contribution in [0.2, 0.25) is 0 Å². The van der Waals surface area contributed by atoms with E-state index in [0.29, 0.717) is 13.1 Å². The first-order valence-corrected chi connectivity index (χ1v) is 8.83. The molecular weight excluding hydrogens is 288 g/mol. The third-order valence-corrected chi connectivity index (χ3v) is 4.38. The summed E-state index contributed by atoms with van der Waals surface area (Å²) < 4.78 is 25.0. The second-order valence-corrected chi connectivity index (χ2v) is 7.51. The van der Waals surface area contributed by atoms with Crippen molar-refractivity contribution in [2.45, 2.75) is 27.3 Å². The molecule has 0 fully saturated rings. The zero-order chi connectivity index (χ0) is 16.0. The highest BCUT2D eigenvalue weighted by Crippen LogP contribution is 2.09. The average molecular weight is 312 g/mol. The van der Waals surface area contributed by atoms with E-state index in [1.54, 1.807) is 13.8 Å². The summed E-state index contributed by atoms with van der Waals surface area (Å²) in [5, 5.41) is 2.73. The van der Waals surface area contributed by atoms with Crippen molar-refractivity contribution in [1.29, 1.82) is 0 Å². The molecule has 1 aromatic rings. The lowest BCUT2D eigenvalue weighted by atomic mass is 10.1. The largest absolute Gasteiger partial charge is 0.355 e. The number of hydrogen-bond donors (Lipinski definition) is 1. The van der Waals surface area contributed by atoms with Gasteiger partial charge in [0.05, 0.1) is 6.26 Å². The van der Waals surface area contributed by atoms with Crippen LogP contribution in [0.3, 0.4) is 0 Å². The summed E-state index contributed by atoms with van der Waals surface area (Å²) >= 11 is 0. The number of nitrogens with zero attached hydrogens (tertiary/aromatic N) is 1. The molecule has 0 aliphatic rings. The van der Waals surface area contributed by atoms with Gasteiger partial charge in [-0.1, -0.05) is 43.7 Å². The summed E-state index contributed by atoms with van der Waals surface area (Å²) in [6.45, 7) is 6.49. The highest BCUT2D eigenvalue weighted by atomic mass is 32.2. The van der Waals surface area contributed by atoms with Gasteiger partial charge in [0, 0.05) is 25.6 Å². The van der Waals surface area contributed by atoms with Gasteiger partial charge in [-0.15, -0.1) is 0 Å². The van der Waals surface area contributed by atoms with Crippen LogP contribution in [0.5, 0.6) is 0 Å². The predicted octanol–water partition coefficient (Wildman–Crippen LogP) is 1.53. The molecule has 5 nitrogen and oxygen atoms in total. The summed E-state index contributed by atoms with van der Waals surface area (Å²) in [7, 11) is -3.31. The van der Waals surface area contributed by atoms with Gasteiger partial charge in [-0.2, -0.15) is 4.31 Å². The van der Waals surface area contributed by atoms with Crippen LogP contribution in [0.15, 0.2) is 24.3 Å². The minimum atomic E-state index is -3.31. The third-order valence-electron chi connectivity index (χ3n) is 3.13. The number of nitrogens with one attached hydrogen (secondary N) is 1. The van der Waals surface area contributed by atoms with Crippen molar-refractivity contribution in [1.82, 2.24) is 9.62 Å². The van der Waals surface area contributed by atoms with E-state index >= 15 is 0 Å². The summed E-state index contributed by atoms with van der Waals surface area (Å²) in [6, 6.07) is 7.74. The second-order valence-electron chi connectivity index (χ2n) is 5.53. The van der Waals surface area contributed by atoms with Gasteiger partial charge in [-0.05, 0) is 12.5 Å². The molecule has 0 bridgehead atoms. The molecule has 118 valence electrons. The van der Waals surface area contributed by atoms with Gasteiger partial charge in [0.1, 0.15) is 0 Å². The van der Waals surface area contributed by atoms with E-state index in [1.807, 2.05) is 31.2 Å². The fourth-order valence-corrected chi connectivity index (χ4v) is 2.57. The molecule has 0 heterocycles. The molecule has 0 aliphatic carbocycles. The first kappa shape index (κ1) is 17.7. The Morgan fingerprint density at radius 3 is 2.29 bits per heavy atom. The van der Waals surface area contributed by atoms with Crippen molar-refractivity contribution in [2.24, 2.45) is 5.92 Å². The van der Waals surface area contributed by atoms with Gasteiger partial charge in [-0.25, -0.2) is 8.42 Å². The van der Waals surface area contributed by atoms with Gasteiger partial charge in [0.2, 0.25) is 15.9 Å². The van der Waals surface area contributed by atoms with Crippen molar-refractivity contribution >= 4 is 15.9 Å². The van der Waals surface area contributed by atoms with E-state index < -0.39 is 10.0 Å². The Balaban J connectivity index is 2.65. The highest BCUT2D eigenvalue weighted by molar-refractivity contribution is 7.88. The smallest absolute Gasteiger partial charge is 0.222 e. The second kappa shape index (κ2) is 7.56. The summed E-state index contributed by atoms with van der Waals surface area (Å²) in [6.07, 6.45) is 1.19. The number of aryl methyl sites for hydroxylation is 1. The Kier molecular flexibility index (Phi) is 6.36. The van der Waals surface area contributed by atoms with Crippen LogP contribution in [-0.2, 0) is 21.4 Å². The first-order chi connectivity index (χ1) is 9.70. The van der Waals surface area contributed by atoms with E-state index in [2.05, 4.69) is 5.32 Å². The number of carbonyl (C=O) groups is 1. The minimum Gasteiger partial charge on any atom is -0.355 e. The van der Waals surface area contributed by atoms with Crippen molar-refractivity contribution in [3.05, 3.63) is 35.4 Å². The van der Waals surface area contributed by atoms with Crippen LogP contribution in [-0.4, -0.2) is 38.0 Å². The minimum absolute atomic E-state index is 0.0706. The maximum Gasteiger partial charge on any atom is 0.222 e. The topological polar surface area (TPSA) is 66.5 Å². The lowest BCUT2D eigenvalue weighted by Crippen LogP contribution is -2.38. The van der Waals surface area contributed by atoms with Gasteiger partial charge in [0.25, 0.3) is 0 Å². The van der Waals surface area contributed by atoms with Crippen molar-refractivity contribution < 1.29 is 13.2 Å². The summed E-state index contributed by atoms with van der Waals surface area (Å²) in [5.74, 6) is -0.174. The quantitative estimate of drug-likeness (QED) is 0.830. The monoisotopic (exact) mass is 312 g/mol. The highest BCUT2D eigenvalue weighted by Gasteiger charge is 2.17. The molecule has 1 amide bonds. The van der Waals surface area contributed by atoms with Crippen LogP contribution in [0.25, 0.3) is 0 Å². The van der Waals surface area contributed by atoms with Crippen LogP contribution in [0, 0.1) is 12.8 Å². The molecule has 0 atom stereocenters. The molecule has 0 aromatic heterocycles. The van der Waals surface area contributed by atoms with Gasteiger partial charge in [0.15, 0.2) is 0 Å². The normalized spacial score (nSPS) is 11.9. The molecule has 21 heavy (non-hydrogen) atoms. The molecule has 6 heteroatoms. The van der Waals surface area contributed by atoms with Gasteiger partial charge >= 0.3 is 0 Å². The molecule has 0 radical (unpaired) electrons. The fraction of sp³-hybridized carbons (Fsp3) is 0.533. The Morgan fingerprint density at radius 1 is 1.24 bits per heavy atom. The summed E-state index contributed by atoms with van der Waals surface area (Å²) in [4.78, 5) is 11.5. The summed E-state index contributed by atoms with van der Waals surface area (Å²) in [5.41, 5.74) is 2.06. The number of hydrogen-bond acceptors (Lipinski definition) is 3. The third kappa shape index (κ3) is 6.27. The SMILES string of the molecule is Cc1ccc(CN(CCNC(=O)C(C)C)S(C)(=O)=O)cc1. The van der Waals surface area contributed by atoms with Crippen molar-refractivity contribution in [2.75, 3.05) is 19.3 Å². The van der Waals surface area contributed by atoms with Crippen LogP contribution < -0.4 is 5.32 Å². The van der Waals surface area contributed by atoms with Crippen molar-refractivity contribution in [3.8, 4) is 0 Å². The number of carbonyl (C=O) groups excluding carboxylic acids is 1. The zero-order valence-electron chi connectivity index (χ0n) is 13.1. The Morgan fingerprint density at radius 2 is 1.81 bits per heavy atom. The zero-order valence-corrected chi connectivity index (χ0v) is 13.9. The molecule has 0 aliphatic heterocycles. The Labute approximate surface area is 127 Å². The lowest BCUT2D eigenvalue weighted by molar-refractivity contribution is -0.123. The fourth-order valence-electron chi connectivity index (χ4n) is 1.77. The molecule has 1 rings (SSSR count). The molecule has 0 saturated carbocycles. The van der Waals surface area contributed by atoms with Crippen LogP contribution in [0.1, 0.15) is 25.0 Å². The maximum atomic E-state index is 11.8. The number of rotatable bonds is 7. The average Bonchev–Trinajstić information content (AvgIpc) is 2.38. The molecule has 1 aromatic carbocycles. The van der Waals surface area contributed by atoms with Gasteiger partial charge in [-0.3, -0.25) is 4.79 Å². The van der Waals surface area contributed by atoms with Crippen molar-refractivity contribution in [3.63, 3.8) is 0 Å². The molecular formula is C15H24N2O3S. The molecule has 1 N–H and O–H groups in total.